The molecule has 2 aromatic carbocycles. The molecule has 3 heteroatoms. The van der Waals surface area contributed by atoms with E-state index >= 15 is 0 Å². The van der Waals surface area contributed by atoms with Crippen molar-refractivity contribution in [1.29, 1.82) is 0 Å². The normalized spacial score (nSPS) is 10.1. The van der Waals surface area contributed by atoms with E-state index in [4.69, 9.17) is 12.2 Å². The van der Waals surface area contributed by atoms with E-state index in [1.165, 1.54) is 16.7 Å². The Morgan fingerprint density at radius 3 is 2.50 bits per heavy atom. The second-order valence-electron chi connectivity index (χ2n) is 4.85. The van der Waals surface area contributed by atoms with E-state index < -0.39 is 0 Å². The molecule has 0 fully saturated rings. The Bertz CT molecular complexity index is 576. The fourth-order valence-corrected chi connectivity index (χ4v) is 2.12. The Morgan fingerprint density at radius 1 is 1.05 bits per heavy atom. The van der Waals surface area contributed by atoms with Gasteiger partial charge in [0.05, 0.1) is 0 Å². The molecule has 0 atom stereocenters. The van der Waals surface area contributed by atoms with Crippen molar-refractivity contribution in [2.45, 2.75) is 26.8 Å². The molecular formula is C17H20N2S. The molecule has 20 heavy (non-hydrogen) atoms. The van der Waals surface area contributed by atoms with Gasteiger partial charge in [-0.15, -0.1) is 0 Å². The second-order valence-corrected chi connectivity index (χ2v) is 5.26. The smallest absolute Gasteiger partial charge is 0.171 e. The van der Waals surface area contributed by atoms with Gasteiger partial charge in [0.2, 0.25) is 0 Å². The monoisotopic (exact) mass is 284 g/mol. The number of aryl methyl sites for hydroxylation is 2. The molecule has 0 bridgehead atoms. The maximum absolute atomic E-state index is 5.32. The standard InChI is InChI=1S/C17H20N2S/c1-3-14-5-4-6-16(11-14)19-17(20)18-12-15-9-7-13(2)8-10-15/h4-11H,3,12H2,1-2H3,(H2,18,19,20). The fraction of sp³-hybridized carbons (Fsp3) is 0.235. The van der Waals surface area contributed by atoms with Gasteiger partial charge in [0.15, 0.2) is 5.11 Å². The summed E-state index contributed by atoms with van der Waals surface area (Å²) in [4.78, 5) is 0. The number of nitrogens with one attached hydrogen (secondary N) is 2. The van der Waals surface area contributed by atoms with E-state index in [0.29, 0.717) is 5.11 Å². The van der Waals surface area contributed by atoms with Gasteiger partial charge in [-0.25, -0.2) is 0 Å². The minimum atomic E-state index is 0.652. The first-order valence-electron chi connectivity index (χ1n) is 6.86. The molecule has 0 amide bonds. The van der Waals surface area contributed by atoms with Crippen LogP contribution in [-0.2, 0) is 13.0 Å². The lowest BCUT2D eigenvalue weighted by molar-refractivity contribution is 0.925. The van der Waals surface area contributed by atoms with Crippen molar-refractivity contribution < 1.29 is 0 Å². The summed E-state index contributed by atoms with van der Waals surface area (Å²) in [6.07, 6.45) is 1.03. The molecule has 0 aliphatic carbocycles. The highest BCUT2D eigenvalue weighted by molar-refractivity contribution is 7.80. The van der Waals surface area contributed by atoms with Crippen LogP contribution < -0.4 is 10.6 Å². The predicted octanol–water partition coefficient (Wildman–Crippen LogP) is 4.04. The fourth-order valence-electron chi connectivity index (χ4n) is 1.93. The SMILES string of the molecule is CCc1cccc(NC(=S)NCc2ccc(C)cc2)c1. The molecular weight excluding hydrogens is 264 g/mol. The predicted molar refractivity (Wildman–Crippen MR) is 90.1 cm³/mol. The minimum Gasteiger partial charge on any atom is -0.358 e. The zero-order valence-corrected chi connectivity index (χ0v) is 12.8. The number of benzene rings is 2. The highest BCUT2D eigenvalue weighted by atomic mass is 32.1. The summed E-state index contributed by atoms with van der Waals surface area (Å²) in [5.41, 5.74) is 4.83. The molecule has 0 radical (unpaired) electrons. The quantitative estimate of drug-likeness (QED) is 0.828. The number of anilines is 1. The summed E-state index contributed by atoms with van der Waals surface area (Å²) in [6, 6.07) is 16.8. The van der Waals surface area contributed by atoms with Crippen molar-refractivity contribution in [2.24, 2.45) is 0 Å². The molecule has 0 heterocycles. The van der Waals surface area contributed by atoms with Gasteiger partial charge >= 0.3 is 0 Å². The lowest BCUT2D eigenvalue weighted by Crippen LogP contribution is -2.27. The van der Waals surface area contributed by atoms with E-state index in [1.807, 2.05) is 12.1 Å². The molecule has 104 valence electrons. The third-order valence-corrected chi connectivity index (χ3v) is 3.41. The first-order chi connectivity index (χ1) is 9.67. The van der Waals surface area contributed by atoms with Crippen LogP contribution in [0, 0.1) is 6.92 Å². The lowest BCUT2D eigenvalue weighted by atomic mass is 10.1. The molecule has 2 nitrogen and oxygen atoms in total. The first kappa shape index (κ1) is 14.5. The molecule has 0 spiro atoms. The number of hydrogen-bond donors (Lipinski definition) is 2. The van der Waals surface area contributed by atoms with Crippen LogP contribution in [0.5, 0.6) is 0 Å². The highest BCUT2D eigenvalue weighted by Gasteiger charge is 1.99. The van der Waals surface area contributed by atoms with E-state index in [1.54, 1.807) is 0 Å². The van der Waals surface area contributed by atoms with Gasteiger partial charge in [-0.2, -0.15) is 0 Å². The molecule has 2 N–H and O–H groups in total. The van der Waals surface area contributed by atoms with Crippen LogP contribution in [0.15, 0.2) is 48.5 Å². The maximum atomic E-state index is 5.32. The maximum Gasteiger partial charge on any atom is 0.171 e. The van der Waals surface area contributed by atoms with Crippen molar-refractivity contribution in [3.63, 3.8) is 0 Å². The minimum absolute atomic E-state index is 0.652. The van der Waals surface area contributed by atoms with Crippen molar-refractivity contribution in [3.05, 3.63) is 65.2 Å². The third-order valence-electron chi connectivity index (χ3n) is 3.17. The summed E-state index contributed by atoms with van der Waals surface area (Å²) in [5, 5.41) is 7.09. The Hall–Kier alpha value is -1.87. The summed E-state index contributed by atoms with van der Waals surface area (Å²) in [5.74, 6) is 0. The Labute approximate surface area is 126 Å². The van der Waals surface area contributed by atoms with Crippen LogP contribution >= 0.6 is 12.2 Å². The third kappa shape index (κ3) is 4.35. The van der Waals surface area contributed by atoms with Gasteiger partial charge in [-0.3, -0.25) is 0 Å². The van der Waals surface area contributed by atoms with Crippen molar-refractivity contribution in [2.75, 3.05) is 5.32 Å². The molecule has 0 unspecified atom stereocenters. The van der Waals surface area contributed by atoms with Gasteiger partial charge < -0.3 is 10.6 Å². The Kier molecular flexibility index (Phi) is 5.13. The zero-order valence-electron chi connectivity index (χ0n) is 11.9. The summed E-state index contributed by atoms with van der Waals surface area (Å²) in [6.45, 7) is 4.97. The van der Waals surface area contributed by atoms with Crippen LogP contribution in [0.4, 0.5) is 5.69 Å². The van der Waals surface area contributed by atoms with Crippen LogP contribution in [0.3, 0.4) is 0 Å². The first-order valence-corrected chi connectivity index (χ1v) is 7.27. The number of thiocarbonyl (C=S) groups is 1. The molecule has 2 aromatic rings. The van der Waals surface area contributed by atoms with Gasteiger partial charge in [0, 0.05) is 12.2 Å². The van der Waals surface area contributed by atoms with Crippen molar-refractivity contribution in [3.8, 4) is 0 Å². The second kappa shape index (κ2) is 7.06. The van der Waals surface area contributed by atoms with E-state index in [-0.39, 0.29) is 0 Å². The summed E-state index contributed by atoms with van der Waals surface area (Å²) >= 11 is 5.32. The average Bonchev–Trinajstić information content (AvgIpc) is 2.47. The zero-order chi connectivity index (χ0) is 14.4. The molecule has 2 rings (SSSR count). The van der Waals surface area contributed by atoms with Crippen LogP contribution in [-0.4, -0.2) is 5.11 Å². The molecule has 0 saturated carbocycles. The van der Waals surface area contributed by atoms with Crippen molar-refractivity contribution in [1.82, 2.24) is 5.32 Å². The number of hydrogen-bond acceptors (Lipinski definition) is 1. The molecule has 0 saturated heterocycles. The van der Waals surface area contributed by atoms with Gasteiger partial charge in [-0.1, -0.05) is 48.9 Å². The topological polar surface area (TPSA) is 24.1 Å². The Balaban J connectivity index is 1.87. The highest BCUT2D eigenvalue weighted by Crippen LogP contribution is 2.11. The summed E-state index contributed by atoms with van der Waals surface area (Å²) in [7, 11) is 0. The van der Waals surface area contributed by atoms with Crippen molar-refractivity contribution >= 4 is 23.0 Å². The van der Waals surface area contributed by atoms with Gasteiger partial charge in [0.25, 0.3) is 0 Å². The van der Waals surface area contributed by atoms with Gasteiger partial charge in [-0.05, 0) is 48.8 Å². The molecule has 0 aliphatic heterocycles. The van der Waals surface area contributed by atoms with Crippen LogP contribution in [0.2, 0.25) is 0 Å². The summed E-state index contributed by atoms with van der Waals surface area (Å²) < 4.78 is 0. The van der Waals surface area contributed by atoms with Crippen LogP contribution in [0.1, 0.15) is 23.6 Å². The van der Waals surface area contributed by atoms with Crippen LogP contribution in [0.25, 0.3) is 0 Å². The molecule has 0 aliphatic rings. The average molecular weight is 284 g/mol. The van der Waals surface area contributed by atoms with E-state index in [2.05, 4.69) is 60.9 Å². The largest absolute Gasteiger partial charge is 0.358 e. The Morgan fingerprint density at radius 2 is 1.80 bits per heavy atom. The van der Waals surface area contributed by atoms with E-state index in [0.717, 1.165) is 18.7 Å². The van der Waals surface area contributed by atoms with Gasteiger partial charge in [0.1, 0.15) is 0 Å². The molecule has 0 aromatic heterocycles. The number of rotatable bonds is 4. The van der Waals surface area contributed by atoms with E-state index in [9.17, 15) is 0 Å². The lowest BCUT2D eigenvalue weighted by Gasteiger charge is -2.11.